The Hall–Kier alpha value is -2.20. The highest BCUT2D eigenvalue weighted by atomic mass is 16.5. The summed E-state index contributed by atoms with van der Waals surface area (Å²) in [6, 6.07) is 2.07. The van der Waals surface area contributed by atoms with E-state index >= 15 is 0 Å². The van der Waals surface area contributed by atoms with Gasteiger partial charge in [0.25, 0.3) is 0 Å². The standard InChI is InChI=1S/C15H18N4O3/c16-9-11-14(18-6-5-17-11)19-7-3-10(4-8-19)12-1-2-13(22-12)15(20)21/h5-6,10,12-13H,1-4,7-8H2,(H,20,21)/t12-,13+/m0/s1. The zero-order chi connectivity index (χ0) is 15.5. The first-order valence-corrected chi connectivity index (χ1v) is 7.53. The Morgan fingerprint density at radius 3 is 2.64 bits per heavy atom. The van der Waals surface area contributed by atoms with Gasteiger partial charge < -0.3 is 14.7 Å². The van der Waals surface area contributed by atoms with Crippen molar-refractivity contribution in [2.75, 3.05) is 18.0 Å². The maximum Gasteiger partial charge on any atom is 0.332 e. The number of carboxylic acid groups (broad SMARTS) is 1. The van der Waals surface area contributed by atoms with Crippen LogP contribution in [0, 0.1) is 17.2 Å². The Balaban J connectivity index is 1.59. The molecule has 0 aliphatic carbocycles. The van der Waals surface area contributed by atoms with Crippen LogP contribution >= 0.6 is 0 Å². The lowest BCUT2D eigenvalue weighted by Crippen LogP contribution is -2.39. The molecular weight excluding hydrogens is 284 g/mol. The van der Waals surface area contributed by atoms with Crippen molar-refractivity contribution in [1.29, 1.82) is 5.26 Å². The number of carboxylic acids is 1. The van der Waals surface area contributed by atoms with Crippen LogP contribution in [-0.4, -0.2) is 46.3 Å². The summed E-state index contributed by atoms with van der Waals surface area (Å²) < 4.78 is 5.65. The SMILES string of the molecule is N#Cc1nccnc1N1CCC([C@@H]2CC[C@H](C(=O)O)O2)CC1. The van der Waals surface area contributed by atoms with Crippen LogP contribution in [0.25, 0.3) is 0 Å². The van der Waals surface area contributed by atoms with E-state index in [9.17, 15) is 4.79 Å². The zero-order valence-electron chi connectivity index (χ0n) is 12.2. The van der Waals surface area contributed by atoms with Crippen LogP contribution in [0.1, 0.15) is 31.4 Å². The molecule has 2 aliphatic heterocycles. The van der Waals surface area contributed by atoms with E-state index in [0.717, 1.165) is 32.4 Å². The average Bonchev–Trinajstić information content (AvgIpc) is 3.05. The van der Waals surface area contributed by atoms with Crippen molar-refractivity contribution in [2.45, 2.75) is 37.9 Å². The molecule has 0 radical (unpaired) electrons. The van der Waals surface area contributed by atoms with Crippen LogP contribution < -0.4 is 4.90 Å². The number of ether oxygens (including phenoxy) is 1. The number of hydrogen-bond donors (Lipinski definition) is 1. The van der Waals surface area contributed by atoms with E-state index in [-0.39, 0.29) is 6.10 Å². The molecule has 7 heteroatoms. The maximum absolute atomic E-state index is 11.0. The Morgan fingerprint density at radius 1 is 1.27 bits per heavy atom. The largest absolute Gasteiger partial charge is 0.479 e. The van der Waals surface area contributed by atoms with Gasteiger partial charge in [0.05, 0.1) is 6.10 Å². The molecule has 2 fully saturated rings. The minimum atomic E-state index is -0.863. The minimum absolute atomic E-state index is 0.0422. The highest BCUT2D eigenvalue weighted by molar-refractivity contribution is 5.72. The number of aliphatic carboxylic acids is 1. The summed E-state index contributed by atoms with van der Waals surface area (Å²) in [6.45, 7) is 1.57. The lowest BCUT2D eigenvalue weighted by Gasteiger charge is -2.35. The molecule has 116 valence electrons. The number of carbonyl (C=O) groups is 1. The molecule has 3 heterocycles. The topological polar surface area (TPSA) is 99.3 Å². The van der Waals surface area contributed by atoms with Crippen molar-refractivity contribution in [3.05, 3.63) is 18.1 Å². The predicted octanol–water partition coefficient (Wildman–Crippen LogP) is 1.20. The van der Waals surface area contributed by atoms with Gasteiger partial charge >= 0.3 is 5.97 Å². The summed E-state index contributed by atoms with van der Waals surface area (Å²) >= 11 is 0. The van der Waals surface area contributed by atoms with Gasteiger partial charge in [-0.3, -0.25) is 0 Å². The molecule has 2 aliphatic rings. The monoisotopic (exact) mass is 302 g/mol. The first-order valence-electron chi connectivity index (χ1n) is 7.53. The van der Waals surface area contributed by atoms with E-state index in [1.807, 2.05) is 0 Å². The normalized spacial score (nSPS) is 25.9. The van der Waals surface area contributed by atoms with Crippen molar-refractivity contribution in [1.82, 2.24) is 9.97 Å². The third-order valence-electron chi connectivity index (χ3n) is 4.48. The third kappa shape index (κ3) is 2.88. The molecular formula is C15H18N4O3. The molecule has 22 heavy (non-hydrogen) atoms. The Kier molecular flexibility index (Phi) is 4.20. The van der Waals surface area contributed by atoms with Crippen molar-refractivity contribution >= 4 is 11.8 Å². The molecule has 1 aromatic heterocycles. The van der Waals surface area contributed by atoms with Gasteiger partial charge in [0.1, 0.15) is 6.07 Å². The molecule has 7 nitrogen and oxygen atoms in total. The second-order valence-electron chi connectivity index (χ2n) is 5.74. The van der Waals surface area contributed by atoms with E-state index in [1.165, 1.54) is 6.20 Å². The molecule has 1 N–H and O–H groups in total. The smallest absolute Gasteiger partial charge is 0.332 e. The third-order valence-corrected chi connectivity index (χ3v) is 4.48. The first-order chi connectivity index (χ1) is 10.7. The predicted molar refractivity (Wildman–Crippen MR) is 77.2 cm³/mol. The van der Waals surface area contributed by atoms with Crippen LogP contribution in [0.5, 0.6) is 0 Å². The van der Waals surface area contributed by atoms with E-state index in [2.05, 4.69) is 20.9 Å². The average molecular weight is 302 g/mol. The lowest BCUT2D eigenvalue weighted by molar-refractivity contribution is -0.150. The van der Waals surface area contributed by atoms with Gasteiger partial charge in [-0.05, 0) is 31.6 Å². The van der Waals surface area contributed by atoms with Gasteiger partial charge in [-0.1, -0.05) is 0 Å². The molecule has 1 aromatic rings. The molecule has 0 unspecified atom stereocenters. The number of hydrogen-bond acceptors (Lipinski definition) is 6. The van der Waals surface area contributed by atoms with E-state index in [0.29, 0.717) is 23.9 Å². The maximum atomic E-state index is 11.0. The van der Waals surface area contributed by atoms with Gasteiger partial charge in [-0.15, -0.1) is 0 Å². The van der Waals surface area contributed by atoms with Crippen LogP contribution in [0.3, 0.4) is 0 Å². The molecule has 0 amide bonds. The van der Waals surface area contributed by atoms with Gasteiger partial charge in [-0.25, -0.2) is 14.8 Å². The van der Waals surface area contributed by atoms with Gasteiger partial charge in [0.2, 0.25) is 0 Å². The fraction of sp³-hybridized carbons (Fsp3) is 0.600. The quantitative estimate of drug-likeness (QED) is 0.895. The first kappa shape index (κ1) is 14.7. The van der Waals surface area contributed by atoms with Crippen molar-refractivity contribution in [2.24, 2.45) is 5.92 Å². The number of piperidine rings is 1. The minimum Gasteiger partial charge on any atom is -0.479 e. The Morgan fingerprint density at radius 2 is 2.00 bits per heavy atom. The van der Waals surface area contributed by atoms with Crippen molar-refractivity contribution in [3.8, 4) is 6.07 Å². The fourth-order valence-corrected chi connectivity index (χ4v) is 3.32. The number of nitrogens with zero attached hydrogens (tertiary/aromatic N) is 4. The van der Waals surface area contributed by atoms with Crippen LogP contribution in [0.2, 0.25) is 0 Å². The Bertz CT molecular complexity index is 593. The van der Waals surface area contributed by atoms with Crippen LogP contribution in [0.4, 0.5) is 5.82 Å². The van der Waals surface area contributed by atoms with E-state index in [1.54, 1.807) is 6.20 Å². The van der Waals surface area contributed by atoms with Crippen molar-refractivity contribution < 1.29 is 14.6 Å². The summed E-state index contributed by atoms with van der Waals surface area (Å²) in [6.07, 6.45) is 5.76. The summed E-state index contributed by atoms with van der Waals surface area (Å²) in [7, 11) is 0. The number of anilines is 1. The number of nitriles is 1. The van der Waals surface area contributed by atoms with E-state index in [4.69, 9.17) is 15.1 Å². The van der Waals surface area contributed by atoms with E-state index < -0.39 is 12.1 Å². The zero-order valence-corrected chi connectivity index (χ0v) is 12.2. The fourth-order valence-electron chi connectivity index (χ4n) is 3.32. The lowest BCUT2D eigenvalue weighted by atomic mass is 9.89. The molecule has 0 saturated carbocycles. The van der Waals surface area contributed by atoms with Crippen LogP contribution in [0.15, 0.2) is 12.4 Å². The summed E-state index contributed by atoms with van der Waals surface area (Å²) in [5.41, 5.74) is 0.351. The van der Waals surface area contributed by atoms with Crippen molar-refractivity contribution in [3.63, 3.8) is 0 Å². The van der Waals surface area contributed by atoms with Gasteiger partial charge in [0, 0.05) is 25.5 Å². The van der Waals surface area contributed by atoms with Gasteiger partial charge in [-0.2, -0.15) is 5.26 Å². The second kappa shape index (κ2) is 6.28. The molecule has 0 aromatic carbocycles. The molecule has 2 saturated heterocycles. The van der Waals surface area contributed by atoms with Crippen LogP contribution in [-0.2, 0) is 9.53 Å². The molecule has 3 rings (SSSR count). The van der Waals surface area contributed by atoms with Gasteiger partial charge in [0.15, 0.2) is 17.6 Å². The summed E-state index contributed by atoms with van der Waals surface area (Å²) in [5.74, 6) is 0.153. The summed E-state index contributed by atoms with van der Waals surface area (Å²) in [4.78, 5) is 21.3. The number of rotatable bonds is 3. The molecule has 0 bridgehead atoms. The second-order valence-corrected chi connectivity index (χ2v) is 5.74. The Labute approximate surface area is 128 Å². The molecule has 2 atom stereocenters. The highest BCUT2D eigenvalue weighted by Crippen LogP contribution is 2.33. The summed E-state index contributed by atoms with van der Waals surface area (Å²) in [5, 5.41) is 18.1. The number of aromatic nitrogens is 2. The molecule has 0 spiro atoms. The highest BCUT2D eigenvalue weighted by Gasteiger charge is 2.36.